The average Bonchev–Trinajstić information content (AvgIpc) is 3.37. The molecular weight excluding hydrogens is 923 g/mol. The first-order valence-electron chi connectivity index (χ1n) is 31.6. The van der Waals surface area contributed by atoms with Crippen LogP contribution in [0.5, 0.6) is 0 Å². The Kier molecular flexibility index (Phi) is 54.8. The van der Waals surface area contributed by atoms with Crippen LogP contribution in [0, 0.1) is 0 Å². The maximum Gasteiger partial charge on any atom is 0.306 e. The van der Waals surface area contributed by atoms with Crippen LogP contribution in [0.1, 0.15) is 303 Å². The standard InChI is InChI=1S/C65H121NO8/c1-6-8-10-12-14-16-18-20-22-24-26-27-28-29-30-31-32-33-34-35-36-37-38-40-42-44-46-48-50-52-54-56-63(68)74-61(60-73-65(64(69)70)71-58-57-66(3,4)5)59-72-62(67)55-53-51-49-47-45-43-41-39-25-23-21-19-17-15-13-11-9-7-2/h18,20,24,26,28-29,61,65H,6-17,19,21-23,25,27,30-60H2,1-5H3/b20-18-,26-24-,29-28-. The van der Waals surface area contributed by atoms with Crippen molar-refractivity contribution in [2.24, 2.45) is 0 Å². The normalized spacial score (nSPS) is 12.9. The van der Waals surface area contributed by atoms with Gasteiger partial charge < -0.3 is 33.3 Å². The number of nitrogens with zero attached hydrogens (tertiary/aromatic N) is 1. The number of carbonyl (C=O) groups excluding carboxylic acids is 3. The highest BCUT2D eigenvalue weighted by Gasteiger charge is 2.22. The fourth-order valence-corrected chi connectivity index (χ4v) is 9.25. The van der Waals surface area contributed by atoms with Gasteiger partial charge in [-0.15, -0.1) is 0 Å². The fraction of sp³-hybridized carbons (Fsp3) is 0.862. The minimum Gasteiger partial charge on any atom is -0.545 e. The van der Waals surface area contributed by atoms with E-state index in [1.54, 1.807) is 0 Å². The van der Waals surface area contributed by atoms with Gasteiger partial charge in [-0.2, -0.15) is 0 Å². The highest BCUT2D eigenvalue weighted by Crippen LogP contribution is 2.18. The van der Waals surface area contributed by atoms with Crippen LogP contribution < -0.4 is 5.11 Å². The van der Waals surface area contributed by atoms with Crippen LogP contribution >= 0.6 is 0 Å². The molecule has 0 saturated carbocycles. The molecule has 0 aliphatic heterocycles. The van der Waals surface area contributed by atoms with Gasteiger partial charge >= 0.3 is 11.9 Å². The molecule has 0 spiro atoms. The summed E-state index contributed by atoms with van der Waals surface area (Å²) in [6, 6.07) is 0. The first-order chi connectivity index (χ1) is 36.1. The number of esters is 2. The van der Waals surface area contributed by atoms with E-state index in [1.165, 1.54) is 225 Å². The summed E-state index contributed by atoms with van der Waals surface area (Å²) >= 11 is 0. The number of rotatable bonds is 59. The number of likely N-dealkylation sites (N-methyl/N-ethyl adjacent to an activating group) is 1. The van der Waals surface area contributed by atoms with Crippen LogP contribution in [0.3, 0.4) is 0 Å². The van der Waals surface area contributed by atoms with Gasteiger partial charge in [-0.3, -0.25) is 9.59 Å². The predicted molar refractivity (Wildman–Crippen MR) is 311 cm³/mol. The summed E-state index contributed by atoms with van der Waals surface area (Å²) in [5, 5.41) is 11.8. The highest BCUT2D eigenvalue weighted by molar-refractivity contribution is 5.70. The lowest BCUT2D eigenvalue weighted by atomic mass is 10.0. The van der Waals surface area contributed by atoms with Crippen molar-refractivity contribution in [3.8, 4) is 0 Å². The van der Waals surface area contributed by atoms with E-state index in [9.17, 15) is 19.5 Å². The number of hydrogen-bond donors (Lipinski definition) is 0. The second kappa shape index (κ2) is 56.7. The van der Waals surface area contributed by atoms with E-state index in [0.29, 0.717) is 23.9 Å². The van der Waals surface area contributed by atoms with Crippen molar-refractivity contribution in [2.45, 2.75) is 315 Å². The zero-order valence-corrected chi connectivity index (χ0v) is 49.5. The third-order valence-electron chi connectivity index (χ3n) is 14.1. The van der Waals surface area contributed by atoms with E-state index >= 15 is 0 Å². The number of unbranched alkanes of at least 4 members (excludes halogenated alkanes) is 38. The molecular formula is C65H121NO8. The number of carboxylic acids is 1. The molecule has 0 N–H and O–H groups in total. The van der Waals surface area contributed by atoms with Gasteiger partial charge in [0.1, 0.15) is 13.2 Å². The van der Waals surface area contributed by atoms with Gasteiger partial charge in [-0.1, -0.05) is 275 Å². The van der Waals surface area contributed by atoms with Crippen LogP contribution in [0.15, 0.2) is 36.5 Å². The summed E-state index contributed by atoms with van der Waals surface area (Å²) < 4.78 is 22.8. The molecule has 9 heteroatoms. The van der Waals surface area contributed by atoms with Crippen molar-refractivity contribution in [3.05, 3.63) is 36.5 Å². The number of carbonyl (C=O) groups is 3. The number of hydrogen-bond acceptors (Lipinski definition) is 8. The summed E-state index contributed by atoms with van der Waals surface area (Å²) in [7, 11) is 5.93. The first-order valence-corrected chi connectivity index (χ1v) is 31.6. The summed E-state index contributed by atoms with van der Waals surface area (Å²) in [6.45, 7) is 4.79. The molecule has 0 radical (unpaired) electrons. The Bertz CT molecular complexity index is 1310. The minimum atomic E-state index is -1.62. The van der Waals surface area contributed by atoms with Crippen LogP contribution in [0.4, 0.5) is 0 Å². The second-order valence-electron chi connectivity index (χ2n) is 22.7. The van der Waals surface area contributed by atoms with E-state index in [2.05, 4.69) is 50.3 Å². The van der Waals surface area contributed by atoms with E-state index in [-0.39, 0.29) is 32.2 Å². The zero-order chi connectivity index (χ0) is 54.1. The van der Waals surface area contributed by atoms with E-state index in [1.807, 2.05) is 21.1 Å². The lowest BCUT2D eigenvalue weighted by molar-refractivity contribution is -0.870. The Morgan fingerprint density at radius 1 is 0.405 bits per heavy atom. The third kappa shape index (κ3) is 57.2. The van der Waals surface area contributed by atoms with Gasteiger partial charge in [0.15, 0.2) is 12.4 Å². The molecule has 0 aliphatic carbocycles. The fourth-order valence-electron chi connectivity index (χ4n) is 9.25. The van der Waals surface area contributed by atoms with Crippen LogP contribution in [0.2, 0.25) is 0 Å². The monoisotopic (exact) mass is 1040 g/mol. The molecule has 2 unspecified atom stereocenters. The van der Waals surface area contributed by atoms with E-state index in [4.69, 9.17) is 18.9 Å². The summed E-state index contributed by atoms with van der Waals surface area (Å²) in [4.78, 5) is 37.3. The maximum absolute atomic E-state index is 12.9. The summed E-state index contributed by atoms with van der Waals surface area (Å²) in [5.74, 6) is -2.26. The average molecular weight is 1040 g/mol. The Hall–Kier alpha value is -2.49. The number of ether oxygens (including phenoxy) is 4. The number of carboxylic acid groups (broad SMARTS) is 1. The molecule has 0 saturated heterocycles. The number of allylic oxidation sites excluding steroid dienone is 6. The predicted octanol–water partition coefficient (Wildman–Crippen LogP) is 17.5. The number of aliphatic carboxylic acids is 1. The van der Waals surface area contributed by atoms with Gasteiger partial charge in [0.2, 0.25) is 0 Å². The molecule has 0 aromatic carbocycles. The molecule has 434 valence electrons. The Balaban J connectivity index is 4.11. The van der Waals surface area contributed by atoms with Crippen molar-refractivity contribution < 1.29 is 42.9 Å². The summed E-state index contributed by atoms with van der Waals surface area (Å²) in [5.41, 5.74) is 0. The molecule has 9 nitrogen and oxygen atoms in total. The van der Waals surface area contributed by atoms with Crippen molar-refractivity contribution in [1.82, 2.24) is 0 Å². The lowest BCUT2D eigenvalue weighted by Gasteiger charge is -2.26. The van der Waals surface area contributed by atoms with Gasteiger partial charge in [0, 0.05) is 12.8 Å². The molecule has 0 heterocycles. The molecule has 0 aromatic rings. The quantitative estimate of drug-likeness (QED) is 0.0195. The SMILES string of the molecule is CCCCCCC/C=C\C/C=C\C/C=C\CCCCCCCCCCCCCCCCCCC(=O)OC(COC(=O)CCCCCCCCCCCCCCCCCCCC)COC(OCC[N+](C)(C)C)C(=O)[O-]. The number of quaternary nitrogens is 1. The molecule has 74 heavy (non-hydrogen) atoms. The Morgan fingerprint density at radius 3 is 1.08 bits per heavy atom. The molecule has 2 atom stereocenters. The van der Waals surface area contributed by atoms with Crippen LogP contribution in [0.25, 0.3) is 0 Å². The summed E-state index contributed by atoms with van der Waals surface area (Å²) in [6.07, 6.45) is 66.3. The second-order valence-corrected chi connectivity index (χ2v) is 22.7. The molecule has 0 amide bonds. The van der Waals surface area contributed by atoms with Gasteiger partial charge in [0.05, 0.1) is 40.3 Å². The first kappa shape index (κ1) is 71.5. The van der Waals surface area contributed by atoms with Gasteiger partial charge in [0.25, 0.3) is 0 Å². The van der Waals surface area contributed by atoms with Crippen molar-refractivity contribution in [3.63, 3.8) is 0 Å². The zero-order valence-electron chi connectivity index (χ0n) is 49.5. The van der Waals surface area contributed by atoms with Crippen LogP contribution in [-0.4, -0.2) is 82.3 Å². The largest absolute Gasteiger partial charge is 0.545 e. The lowest BCUT2D eigenvalue weighted by Crippen LogP contribution is -2.44. The van der Waals surface area contributed by atoms with Gasteiger partial charge in [-0.05, 0) is 51.4 Å². The Labute approximate surface area is 458 Å². The van der Waals surface area contributed by atoms with Gasteiger partial charge in [-0.25, -0.2) is 0 Å². The van der Waals surface area contributed by atoms with Crippen LogP contribution in [-0.2, 0) is 33.3 Å². The Morgan fingerprint density at radius 2 is 0.730 bits per heavy atom. The topological polar surface area (TPSA) is 111 Å². The van der Waals surface area contributed by atoms with Crippen molar-refractivity contribution in [1.29, 1.82) is 0 Å². The molecule has 0 aliphatic rings. The third-order valence-corrected chi connectivity index (χ3v) is 14.1. The smallest absolute Gasteiger partial charge is 0.306 e. The van der Waals surface area contributed by atoms with E-state index in [0.717, 1.165) is 44.9 Å². The van der Waals surface area contributed by atoms with Crippen molar-refractivity contribution in [2.75, 3.05) is 47.5 Å². The minimum absolute atomic E-state index is 0.150. The van der Waals surface area contributed by atoms with Crippen molar-refractivity contribution >= 4 is 17.9 Å². The molecule has 0 fully saturated rings. The maximum atomic E-state index is 12.9. The highest BCUT2D eigenvalue weighted by atomic mass is 16.7. The molecule has 0 aromatic heterocycles. The molecule has 0 rings (SSSR count). The van der Waals surface area contributed by atoms with E-state index < -0.39 is 24.3 Å². The molecule has 0 bridgehead atoms.